The molecular formula is C26H33N3O3. The van der Waals surface area contributed by atoms with Crippen LogP contribution in [-0.4, -0.2) is 72.8 Å². The van der Waals surface area contributed by atoms with Crippen LogP contribution >= 0.6 is 0 Å². The van der Waals surface area contributed by atoms with E-state index in [1.807, 2.05) is 22.8 Å². The summed E-state index contributed by atoms with van der Waals surface area (Å²) < 4.78 is 5.56. The van der Waals surface area contributed by atoms with E-state index in [2.05, 4.69) is 36.2 Å². The fourth-order valence-corrected chi connectivity index (χ4v) is 5.92. The number of rotatable bonds is 3. The van der Waals surface area contributed by atoms with Crippen LogP contribution in [0.2, 0.25) is 0 Å². The molecule has 6 nitrogen and oxygen atoms in total. The number of hydrogen-bond acceptors (Lipinski definition) is 4. The van der Waals surface area contributed by atoms with Gasteiger partial charge >= 0.3 is 0 Å². The summed E-state index contributed by atoms with van der Waals surface area (Å²) in [4.78, 5) is 32.2. The molecule has 6 heteroatoms. The minimum absolute atomic E-state index is 0.0129. The minimum Gasteiger partial charge on any atom is -0.456 e. The normalized spacial score (nSPS) is 22.9. The average molecular weight is 436 g/mol. The Morgan fingerprint density at radius 1 is 0.969 bits per heavy atom. The van der Waals surface area contributed by atoms with Crippen molar-refractivity contribution < 1.29 is 14.0 Å². The fourth-order valence-electron chi connectivity index (χ4n) is 5.92. The molecule has 2 aliphatic heterocycles. The Kier molecular flexibility index (Phi) is 5.58. The lowest BCUT2D eigenvalue weighted by Gasteiger charge is -2.40. The Bertz CT molecular complexity index is 997. The van der Waals surface area contributed by atoms with Crippen LogP contribution in [0, 0.1) is 6.92 Å². The number of furan rings is 1. The van der Waals surface area contributed by atoms with Crippen LogP contribution in [0.25, 0.3) is 0 Å². The molecule has 1 unspecified atom stereocenters. The van der Waals surface area contributed by atoms with Crippen LogP contribution in [0.3, 0.4) is 0 Å². The third-order valence-electron chi connectivity index (χ3n) is 7.85. The molecule has 1 atom stereocenters. The Balaban J connectivity index is 1.28. The van der Waals surface area contributed by atoms with Gasteiger partial charge in [0.05, 0.1) is 0 Å². The Morgan fingerprint density at radius 2 is 1.69 bits per heavy atom. The van der Waals surface area contributed by atoms with Gasteiger partial charge < -0.3 is 19.1 Å². The number of carbonyl (C=O) groups is 2. The zero-order chi connectivity index (χ0) is 22.3. The smallest absolute Gasteiger partial charge is 0.289 e. The number of likely N-dealkylation sites (N-methyl/N-ethyl adjacent to an activating group) is 1. The van der Waals surface area contributed by atoms with Gasteiger partial charge in [-0.1, -0.05) is 24.3 Å². The number of likely N-dealkylation sites (tertiary alicyclic amines) is 1. The highest BCUT2D eigenvalue weighted by atomic mass is 16.3. The fraction of sp³-hybridized carbons (Fsp3) is 0.538. The Labute approximate surface area is 190 Å². The molecule has 2 amide bonds. The highest BCUT2D eigenvalue weighted by Gasteiger charge is 2.46. The van der Waals surface area contributed by atoms with Crippen molar-refractivity contribution in [2.24, 2.45) is 0 Å². The van der Waals surface area contributed by atoms with Gasteiger partial charge in [0.1, 0.15) is 5.76 Å². The second kappa shape index (κ2) is 8.39. The van der Waals surface area contributed by atoms with Crippen molar-refractivity contribution in [1.29, 1.82) is 0 Å². The topological polar surface area (TPSA) is 57.0 Å². The van der Waals surface area contributed by atoms with Crippen LogP contribution in [-0.2, 0) is 10.2 Å². The molecule has 0 bridgehead atoms. The molecule has 1 spiro atoms. The summed E-state index contributed by atoms with van der Waals surface area (Å²) in [5, 5.41) is 0. The molecular weight excluding hydrogens is 402 g/mol. The highest BCUT2D eigenvalue weighted by molar-refractivity contribution is 5.91. The molecule has 3 heterocycles. The summed E-state index contributed by atoms with van der Waals surface area (Å²) in [5.41, 5.74) is 2.81. The molecule has 5 rings (SSSR count). The largest absolute Gasteiger partial charge is 0.456 e. The molecule has 1 aromatic heterocycles. The van der Waals surface area contributed by atoms with E-state index < -0.39 is 0 Å². The second-order valence-corrected chi connectivity index (χ2v) is 9.86. The van der Waals surface area contributed by atoms with Gasteiger partial charge in [-0.05, 0) is 67.8 Å². The Morgan fingerprint density at radius 3 is 2.38 bits per heavy atom. The Hall–Kier alpha value is -2.60. The standard InChI is InChI=1S/C26H33N3O3/c1-19-7-8-23(32-19)25(31)29-11-9-26(10-12-29)18-20(21-5-3-4-6-22(21)26)17-24(30)28-15-13-27(2)14-16-28/h3-8,20H,9-18H2,1-2H3. The van der Waals surface area contributed by atoms with Gasteiger partial charge in [0, 0.05) is 45.7 Å². The first-order valence-electron chi connectivity index (χ1n) is 11.9. The van der Waals surface area contributed by atoms with Gasteiger partial charge in [-0.2, -0.15) is 0 Å². The number of amides is 2. The second-order valence-electron chi connectivity index (χ2n) is 9.86. The van der Waals surface area contributed by atoms with Crippen molar-refractivity contribution in [2.45, 2.75) is 43.9 Å². The van der Waals surface area contributed by atoms with Crippen LogP contribution in [0.4, 0.5) is 0 Å². The lowest BCUT2D eigenvalue weighted by molar-refractivity contribution is -0.133. The summed E-state index contributed by atoms with van der Waals surface area (Å²) >= 11 is 0. The first kappa shape index (κ1) is 21.3. The SMILES string of the molecule is Cc1ccc(C(=O)N2CCC3(CC2)CC(CC(=O)N2CCN(C)CC2)c2ccccc23)o1. The van der Waals surface area contributed by atoms with Gasteiger partial charge in [-0.3, -0.25) is 9.59 Å². The molecule has 32 heavy (non-hydrogen) atoms. The van der Waals surface area contributed by atoms with E-state index in [4.69, 9.17) is 4.42 Å². The van der Waals surface area contributed by atoms with Gasteiger partial charge in [0.15, 0.2) is 5.76 Å². The quantitative estimate of drug-likeness (QED) is 0.741. The third-order valence-corrected chi connectivity index (χ3v) is 7.85. The number of piperidine rings is 1. The molecule has 0 saturated carbocycles. The van der Waals surface area contributed by atoms with E-state index in [0.717, 1.165) is 64.3 Å². The maximum absolute atomic E-state index is 13.1. The summed E-state index contributed by atoms with van der Waals surface area (Å²) in [6.07, 6.45) is 3.48. The van der Waals surface area contributed by atoms with E-state index in [-0.39, 0.29) is 23.1 Å². The number of piperazine rings is 1. The van der Waals surface area contributed by atoms with Crippen molar-refractivity contribution in [2.75, 3.05) is 46.3 Å². The zero-order valence-corrected chi connectivity index (χ0v) is 19.2. The highest BCUT2D eigenvalue weighted by Crippen LogP contribution is 2.52. The molecule has 3 aliphatic rings. The predicted molar refractivity (Wildman–Crippen MR) is 123 cm³/mol. The molecule has 1 aliphatic carbocycles. The van der Waals surface area contributed by atoms with Crippen LogP contribution in [0.15, 0.2) is 40.8 Å². The van der Waals surface area contributed by atoms with Crippen molar-refractivity contribution >= 4 is 11.8 Å². The summed E-state index contributed by atoms with van der Waals surface area (Å²) in [7, 11) is 2.11. The van der Waals surface area contributed by atoms with Crippen molar-refractivity contribution in [3.8, 4) is 0 Å². The molecule has 1 aromatic carbocycles. The number of hydrogen-bond donors (Lipinski definition) is 0. The maximum atomic E-state index is 13.1. The van der Waals surface area contributed by atoms with E-state index in [1.165, 1.54) is 11.1 Å². The van der Waals surface area contributed by atoms with Crippen molar-refractivity contribution in [3.63, 3.8) is 0 Å². The average Bonchev–Trinajstić information content (AvgIpc) is 3.36. The van der Waals surface area contributed by atoms with E-state index in [0.29, 0.717) is 12.2 Å². The first-order valence-corrected chi connectivity index (χ1v) is 11.9. The van der Waals surface area contributed by atoms with Gasteiger partial charge in [-0.25, -0.2) is 0 Å². The molecule has 2 saturated heterocycles. The molecule has 170 valence electrons. The van der Waals surface area contributed by atoms with Crippen LogP contribution < -0.4 is 0 Å². The lowest BCUT2D eigenvalue weighted by Crippen LogP contribution is -2.47. The number of nitrogens with zero attached hydrogens (tertiary/aromatic N) is 3. The third kappa shape index (κ3) is 3.85. The van der Waals surface area contributed by atoms with E-state index in [1.54, 1.807) is 6.07 Å². The molecule has 2 aromatic rings. The van der Waals surface area contributed by atoms with Crippen LogP contribution in [0.5, 0.6) is 0 Å². The molecule has 0 radical (unpaired) electrons. The summed E-state index contributed by atoms with van der Waals surface area (Å²) in [6, 6.07) is 12.3. The number of aryl methyl sites for hydroxylation is 1. The monoisotopic (exact) mass is 435 g/mol. The maximum Gasteiger partial charge on any atom is 0.289 e. The van der Waals surface area contributed by atoms with Crippen molar-refractivity contribution in [1.82, 2.24) is 14.7 Å². The minimum atomic E-state index is -0.0129. The van der Waals surface area contributed by atoms with E-state index >= 15 is 0 Å². The number of fused-ring (bicyclic) bond motifs is 2. The summed E-state index contributed by atoms with van der Waals surface area (Å²) in [6.45, 7) is 6.89. The lowest BCUT2D eigenvalue weighted by atomic mass is 9.73. The first-order chi connectivity index (χ1) is 15.4. The predicted octanol–water partition coefficient (Wildman–Crippen LogP) is 3.41. The molecule has 0 N–H and O–H groups in total. The van der Waals surface area contributed by atoms with Crippen molar-refractivity contribution in [3.05, 3.63) is 59.0 Å². The van der Waals surface area contributed by atoms with Crippen LogP contribution in [0.1, 0.15) is 59.0 Å². The van der Waals surface area contributed by atoms with E-state index in [9.17, 15) is 9.59 Å². The number of benzene rings is 1. The van der Waals surface area contributed by atoms with Gasteiger partial charge in [0.25, 0.3) is 5.91 Å². The number of carbonyl (C=O) groups excluding carboxylic acids is 2. The van der Waals surface area contributed by atoms with Gasteiger partial charge in [0.2, 0.25) is 5.91 Å². The summed E-state index contributed by atoms with van der Waals surface area (Å²) in [5.74, 6) is 1.74. The van der Waals surface area contributed by atoms with Gasteiger partial charge in [-0.15, -0.1) is 0 Å². The zero-order valence-electron chi connectivity index (χ0n) is 19.2. The molecule has 2 fully saturated rings.